The van der Waals surface area contributed by atoms with Crippen molar-refractivity contribution in [2.45, 2.75) is 12.7 Å². The van der Waals surface area contributed by atoms with Gasteiger partial charge in [-0.15, -0.1) is 0 Å². The van der Waals surface area contributed by atoms with Gasteiger partial charge in [0.05, 0.1) is 10.0 Å². The fourth-order valence-electron chi connectivity index (χ4n) is 1.66. The van der Waals surface area contributed by atoms with Gasteiger partial charge in [-0.25, -0.2) is 4.39 Å². The molecule has 0 heterocycles. The van der Waals surface area contributed by atoms with Gasteiger partial charge in [-0.3, -0.25) is 0 Å². The largest absolute Gasteiger partial charge is 0.416 e. The summed E-state index contributed by atoms with van der Waals surface area (Å²) in [5.74, 6) is -0.409. The number of hydrogen-bond donors (Lipinski definition) is 1. The van der Waals surface area contributed by atoms with Crippen LogP contribution in [0.25, 0.3) is 0 Å². The first kappa shape index (κ1) is 14.8. The van der Waals surface area contributed by atoms with Gasteiger partial charge < -0.3 is 5.32 Å². The van der Waals surface area contributed by atoms with E-state index in [1.165, 1.54) is 18.2 Å². The van der Waals surface area contributed by atoms with Crippen LogP contribution in [-0.2, 0) is 12.7 Å². The molecule has 106 valence electrons. The number of benzene rings is 2. The van der Waals surface area contributed by atoms with Crippen LogP contribution >= 0.6 is 15.9 Å². The lowest BCUT2D eigenvalue weighted by Crippen LogP contribution is -2.06. The van der Waals surface area contributed by atoms with Crippen molar-refractivity contribution in [3.05, 3.63) is 63.9 Å². The molecule has 0 aliphatic heterocycles. The predicted octanol–water partition coefficient (Wildman–Crippen LogP) is 5.22. The van der Waals surface area contributed by atoms with Gasteiger partial charge >= 0.3 is 6.18 Å². The van der Waals surface area contributed by atoms with Gasteiger partial charge in [0.25, 0.3) is 0 Å². The summed E-state index contributed by atoms with van der Waals surface area (Å²) in [7, 11) is 0. The lowest BCUT2D eigenvalue weighted by Gasteiger charge is -2.11. The zero-order chi connectivity index (χ0) is 14.8. The van der Waals surface area contributed by atoms with Crippen LogP contribution in [0.5, 0.6) is 0 Å². The third-order valence-corrected chi connectivity index (χ3v) is 3.31. The number of hydrogen-bond acceptors (Lipinski definition) is 1. The van der Waals surface area contributed by atoms with Gasteiger partial charge in [0.2, 0.25) is 0 Å². The Balaban J connectivity index is 2.09. The standard InChI is InChI=1S/C14H10BrF4N/c15-12-5-4-9(6-13(12)16)8-20-11-3-1-2-10(7-11)14(17,18)19/h1-7,20H,8H2. The first-order valence-electron chi connectivity index (χ1n) is 5.71. The van der Waals surface area contributed by atoms with Crippen molar-refractivity contribution in [2.24, 2.45) is 0 Å². The van der Waals surface area contributed by atoms with Crippen LogP contribution in [0.15, 0.2) is 46.9 Å². The van der Waals surface area contributed by atoms with Crippen LogP contribution in [0.1, 0.15) is 11.1 Å². The molecule has 0 saturated heterocycles. The molecule has 0 fully saturated rings. The highest BCUT2D eigenvalue weighted by atomic mass is 79.9. The van der Waals surface area contributed by atoms with Crippen LogP contribution in [0.3, 0.4) is 0 Å². The Morgan fingerprint density at radius 1 is 1.05 bits per heavy atom. The highest BCUT2D eigenvalue weighted by molar-refractivity contribution is 9.10. The highest BCUT2D eigenvalue weighted by Crippen LogP contribution is 2.30. The van der Waals surface area contributed by atoms with Gasteiger partial charge in [-0.05, 0) is 51.8 Å². The molecule has 1 N–H and O–H groups in total. The monoisotopic (exact) mass is 347 g/mol. The van der Waals surface area contributed by atoms with E-state index in [4.69, 9.17) is 0 Å². The smallest absolute Gasteiger partial charge is 0.381 e. The molecule has 6 heteroatoms. The number of halogens is 5. The lowest BCUT2D eigenvalue weighted by atomic mass is 10.1. The van der Waals surface area contributed by atoms with Gasteiger partial charge in [0.15, 0.2) is 0 Å². The molecule has 0 unspecified atom stereocenters. The molecule has 0 radical (unpaired) electrons. The SMILES string of the molecule is Fc1cc(CNc2cccc(C(F)(F)F)c2)ccc1Br. The Labute approximate surface area is 121 Å². The molecule has 0 aromatic heterocycles. The average molecular weight is 348 g/mol. The maximum Gasteiger partial charge on any atom is 0.416 e. The van der Waals surface area contributed by atoms with Crippen LogP contribution in [0.4, 0.5) is 23.2 Å². The van der Waals surface area contributed by atoms with E-state index in [1.807, 2.05) is 0 Å². The summed E-state index contributed by atoms with van der Waals surface area (Å²) >= 11 is 3.04. The van der Waals surface area contributed by atoms with Crippen molar-refractivity contribution < 1.29 is 17.6 Å². The minimum absolute atomic E-state index is 0.242. The van der Waals surface area contributed by atoms with Crippen molar-refractivity contribution in [1.29, 1.82) is 0 Å². The second-order valence-electron chi connectivity index (χ2n) is 4.18. The number of anilines is 1. The van der Waals surface area contributed by atoms with Crippen molar-refractivity contribution in [3.8, 4) is 0 Å². The summed E-state index contributed by atoms with van der Waals surface area (Å²) in [6, 6.07) is 9.45. The molecule has 0 saturated carbocycles. The van der Waals surface area contributed by atoms with Crippen molar-refractivity contribution in [2.75, 3.05) is 5.32 Å². The van der Waals surface area contributed by atoms with Crippen molar-refractivity contribution >= 4 is 21.6 Å². The molecular formula is C14H10BrF4N. The maximum absolute atomic E-state index is 13.3. The second-order valence-corrected chi connectivity index (χ2v) is 5.03. The predicted molar refractivity (Wildman–Crippen MR) is 72.9 cm³/mol. The van der Waals surface area contributed by atoms with Gasteiger partial charge in [-0.1, -0.05) is 12.1 Å². The third-order valence-electron chi connectivity index (χ3n) is 2.67. The number of nitrogens with one attached hydrogen (secondary N) is 1. The zero-order valence-corrected chi connectivity index (χ0v) is 11.7. The third kappa shape index (κ3) is 3.72. The van der Waals surface area contributed by atoms with Gasteiger partial charge in [0.1, 0.15) is 5.82 Å². The molecule has 0 aliphatic rings. The van der Waals surface area contributed by atoms with E-state index in [9.17, 15) is 17.6 Å². The Kier molecular flexibility index (Phi) is 4.32. The quantitative estimate of drug-likeness (QED) is 0.750. The summed E-state index contributed by atoms with van der Waals surface area (Å²) in [5.41, 5.74) is 0.260. The Bertz CT molecular complexity index is 610. The van der Waals surface area contributed by atoms with Crippen LogP contribution in [0.2, 0.25) is 0 Å². The summed E-state index contributed by atoms with van der Waals surface area (Å²) in [6.07, 6.45) is -4.37. The topological polar surface area (TPSA) is 12.0 Å². The number of alkyl halides is 3. The molecular weight excluding hydrogens is 338 g/mol. The van der Waals surface area contributed by atoms with E-state index < -0.39 is 17.6 Å². The zero-order valence-electron chi connectivity index (χ0n) is 10.1. The highest BCUT2D eigenvalue weighted by Gasteiger charge is 2.30. The molecule has 2 aromatic carbocycles. The van der Waals surface area contributed by atoms with Crippen LogP contribution in [0, 0.1) is 5.82 Å². The molecule has 1 nitrogen and oxygen atoms in total. The van der Waals surface area contributed by atoms with Crippen LogP contribution in [-0.4, -0.2) is 0 Å². The molecule has 0 bridgehead atoms. The first-order chi connectivity index (χ1) is 9.36. The second kappa shape index (κ2) is 5.83. The van der Waals surface area contributed by atoms with E-state index in [0.717, 1.165) is 12.1 Å². The van der Waals surface area contributed by atoms with Gasteiger partial charge in [-0.2, -0.15) is 13.2 Å². The van der Waals surface area contributed by atoms with E-state index >= 15 is 0 Å². The van der Waals surface area contributed by atoms with Crippen molar-refractivity contribution in [3.63, 3.8) is 0 Å². The maximum atomic E-state index is 13.3. The van der Waals surface area contributed by atoms with E-state index in [2.05, 4.69) is 21.2 Å². The molecule has 2 aromatic rings. The minimum atomic E-state index is -4.37. The van der Waals surface area contributed by atoms with E-state index in [0.29, 0.717) is 15.7 Å². The van der Waals surface area contributed by atoms with E-state index in [1.54, 1.807) is 12.1 Å². The molecule has 2 rings (SSSR count). The minimum Gasteiger partial charge on any atom is -0.381 e. The number of rotatable bonds is 3. The van der Waals surface area contributed by atoms with Crippen LogP contribution < -0.4 is 5.32 Å². The fourth-order valence-corrected chi connectivity index (χ4v) is 1.91. The van der Waals surface area contributed by atoms with E-state index in [-0.39, 0.29) is 6.54 Å². The summed E-state index contributed by atoms with van der Waals surface area (Å²) in [6.45, 7) is 0.242. The molecule has 0 aliphatic carbocycles. The summed E-state index contributed by atoms with van der Waals surface area (Å²) < 4.78 is 51.3. The normalized spacial score (nSPS) is 11.4. The molecule has 20 heavy (non-hydrogen) atoms. The Morgan fingerprint density at radius 2 is 1.80 bits per heavy atom. The molecule has 0 spiro atoms. The fraction of sp³-hybridized carbons (Fsp3) is 0.143. The molecule has 0 amide bonds. The van der Waals surface area contributed by atoms with Gasteiger partial charge in [0, 0.05) is 12.2 Å². The Morgan fingerprint density at radius 3 is 2.45 bits per heavy atom. The Hall–Kier alpha value is -1.56. The summed E-state index contributed by atoms with van der Waals surface area (Å²) in [5, 5.41) is 2.84. The first-order valence-corrected chi connectivity index (χ1v) is 6.50. The lowest BCUT2D eigenvalue weighted by molar-refractivity contribution is -0.137. The average Bonchev–Trinajstić information content (AvgIpc) is 2.39. The molecule has 0 atom stereocenters. The van der Waals surface area contributed by atoms with Crippen molar-refractivity contribution in [1.82, 2.24) is 0 Å². The summed E-state index contributed by atoms with van der Waals surface area (Å²) in [4.78, 5) is 0.